The number of ketones is 1. The molecule has 0 fully saturated rings. The zero-order valence-electron chi connectivity index (χ0n) is 20.8. The van der Waals surface area contributed by atoms with E-state index in [4.69, 9.17) is 4.52 Å². The zero-order valence-corrected chi connectivity index (χ0v) is 20.8. The Bertz CT molecular complexity index is 1720. The predicted molar refractivity (Wildman–Crippen MR) is 141 cm³/mol. The second-order valence-electron chi connectivity index (χ2n) is 9.33. The van der Waals surface area contributed by atoms with Crippen molar-refractivity contribution in [2.75, 3.05) is 6.54 Å². The molecule has 2 aromatic carbocycles. The molecule has 0 aliphatic carbocycles. The molecule has 0 saturated carbocycles. The Morgan fingerprint density at radius 2 is 1.63 bits per heavy atom. The zero-order chi connectivity index (χ0) is 26.2. The van der Waals surface area contributed by atoms with Gasteiger partial charge in [0.2, 0.25) is 11.5 Å². The van der Waals surface area contributed by atoms with Gasteiger partial charge in [0.05, 0.1) is 24.3 Å². The highest BCUT2D eigenvalue weighted by Gasteiger charge is 2.35. The quantitative estimate of drug-likeness (QED) is 0.288. The highest BCUT2D eigenvalue weighted by atomic mass is 16.5. The molecule has 38 heavy (non-hydrogen) atoms. The molecule has 4 heterocycles. The molecule has 0 atom stereocenters. The van der Waals surface area contributed by atoms with Crippen LogP contribution >= 0.6 is 0 Å². The second kappa shape index (κ2) is 9.59. The Kier molecular flexibility index (Phi) is 5.95. The van der Waals surface area contributed by atoms with Crippen molar-refractivity contribution < 1.29 is 14.1 Å². The van der Waals surface area contributed by atoms with E-state index < -0.39 is 0 Å². The van der Waals surface area contributed by atoms with Crippen molar-refractivity contribution in [1.29, 1.82) is 0 Å². The Morgan fingerprint density at radius 3 is 2.32 bits per heavy atom. The molecule has 9 nitrogen and oxygen atoms in total. The Balaban J connectivity index is 1.45. The highest BCUT2D eigenvalue weighted by molar-refractivity contribution is 5.99. The van der Waals surface area contributed by atoms with Crippen molar-refractivity contribution in [2.45, 2.75) is 32.9 Å². The van der Waals surface area contributed by atoms with E-state index in [1.54, 1.807) is 21.6 Å². The summed E-state index contributed by atoms with van der Waals surface area (Å²) < 4.78 is 8.28. The van der Waals surface area contributed by atoms with Crippen molar-refractivity contribution >= 4 is 17.3 Å². The van der Waals surface area contributed by atoms with Crippen LogP contribution in [0.4, 0.5) is 0 Å². The molecule has 5 aromatic rings. The molecule has 0 bridgehead atoms. The molecule has 0 saturated heterocycles. The number of amides is 1. The standard InChI is InChI=1S/C29H25N5O4/c1-2-3-14-32-17-21-27(29(32)37)33(18-24(35)25-15-23(31-38-25)20-12-8-5-9-13-20)26-16-22(30-34(26)28(21)36)19-10-6-4-7-11-19/h4-13,15-16H,2-3,14,17-18H2,1H3. The lowest BCUT2D eigenvalue weighted by molar-refractivity contribution is 0.0767. The maximum absolute atomic E-state index is 13.5. The van der Waals surface area contributed by atoms with Gasteiger partial charge in [0, 0.05) is 29.8 Å². The normalized spacial score (nSPS) is 12.9. The molecule has 190 valence electrons. The Labute approximate surface area is 217 Å². The summed E-state index contributed by atoms with van der Waals surface area (Å²) in [6, 6.07) is 22.2. The maximum Gasteiger partial charge on any atom is 0.280 e. The van der Waals surface area contributed by atoms with E-state index in [2.05, 4.69) is 10.3 Å². The van der Waals surface area contributed by atoms with E-state index in [0.717, 1.165) is 24.0 Å². The number of hydrogen-bond donors (Lipinski definition) is 0. The van der Waals surface area contributed by atoms with Crippen LogP contribution in [0.3, 0.4) is 0 Å². The number of hydrogen-bond acceptors (Lipinski definition) is 6. The summed E-state index contributed by atoms with van der Waals surface area (Å²) in [5, 5.41) is 8.62. The largest absolute Gasteiger partial charge is 0.352 e. The predicted octanol–water partition coefficient (Wildman–Crippen LogP) is 4.46. The SMILES string of the molecule is CCCCN1Cc2c(n(CC(=O)c3cc(-c4ccccc4)no3)c3cc(-c4ccccc4)nn3c2=O)C1=O. The minimum atomic E-state index is -0.366. The number of carbonyl (C=O) groups is 2. The summed E-state index contributed by atoms with van der Waals surface area (Å²) in [6.45, 7) is 2.57. The Hall–Kier alpha value is -4.79. The summed E-state index contributed by atoms with van der Waals surface area (Å²) in [7, 11) is 0. The summed E-state index contributed by atoms with van der Waals surface area (Å²) in [5.41, 5.74) is 3.37. The molecule has 1 aliphatic rings. The van der Waals surface area contributed by atoms with Gasteiger partial charge in [-0.25, -0.2) is 0 Å². The van der Waals surface area contributed by atoms with E-state index in [1.807, 2.05) is 67.6 Å². The molecule has 9 heteroatoms. The number of rotatable bonds is 8. The summed E-state index contributed by atoms with van der Waals surface area (Å²) in [4.78, 5) is 42.1. The second-order valence-corrected chi connectivity index (χ2v) is 9.33. The number of benzene rings is 2. The van der Waals surface area contributed by atoms with Gasteiger partial charge < -0.3 is 14.0 Å². The van der Waals surface area contributed by atoms with Crippen LogP contribution in [0.25, 0.3) is 28.2 Å². The molecule has 6 rings (SSSR count). The summed E-state index contributed by atoms with van der Waals surface area (Å²) in [5.74, 6) is -0.550. The fourth-order valence-corrected chi connectivity index (χ4v) is 4.83. The van der Waals surface area contributed by atoms with Crippen LogP contribution in [0.5, 0.6) is 0 Å². The van der Waals surface area contributed by atoms with Gasteiger partial charge in [0.15, 0.2) is 0 Å². The van der Waals surface area contributed by atoms with Crippen molar-refractivity contribution in [2.24, 2.45) is 0 Å². The van der Waals surface area contributed by atoms with Crippen LogP contribution in [-0.4, -0.2) is 42.5 Å². The molecule has 1 amide bonds. The molecule has 0 unspecified atom stereocenters. The lowest BCUT2D eigenvalue weighted by atomic mass is 10.1. The van der Waals surface area contributed by atoms with Crippen molar-refractivity contribution in [3.8, 4) is 22.5 Å². The number of aromatic nitrogens is 4. The van der Waals surface area contributed by atoms with Crippen LogP contribution in [0, 0.1) is 0 Å². The third-order valence-corrected chi connectivity index (χ3v) is 6.82. The van der Waals surface area contributed by atoms with Gasteiger partial charge >= 0.3 is 0 Å². The fourth-order valence-electron chi connectivity index (χ4n) is 4.83. The van der Waals surface area contributed by atoms with E-state index in [0.29, 0.717) is 29.1 Å². The number of unbranched alkanes of at least 4 members (excludes halogenated alkanes) is 1. The summed E-state index contributed by atoms with van der Waals surface area (Å²) in [6.07, 6.45) is 1.74. The lowest BCUT2D eigenvalue weighted by Gasteiger charge is -2.15. The minimum absolute atomic E-state index is 0.0746. The van der Waals surface area contributed by atoms with E-state index >= 15 is 0 Å². The van der Waals surface area contributed by atoms with E-state index in [-0.39, 0.29) is 41.8 Å². The first-order valence-corrected chi connectivity index (χ1v) is 12.6. The molecule has 1 aliphatic heterocycles. The third kappa shape index (κ3) is 4.02. The van der Waals surface area contributed by atoms with E-state index in [1.165, 1.54) is 4.52 Å². The van der Waals surface area contributed by atoms with E-state index in [9.17, 15) is 14.4 Å². The van der Waals surface area contributed by atoms with Crippen LogP contribution in [0.15, 0.2) is 82.1 Å². The third-order valence-electron chi connectivity index (χ3n) is 6.82. The van der Waals surface area contributed by atoms with Gasteiger partial charge in [-0.05, 0) is 6.42 Å². The fraction of sp³-hybridized carbons (Fsp3) is 0.207. The smallest absolute Gasteiger partial charge is 0.280 e. The van der Waals surface area contributed by atoms with Gasteiger partial charge in [-0.15, -0.1) is 0 Å². The average Bonchev–Trinajstić information content (AvgIpc) is 3.69. The highest BCUT2D eigenvalue weighted by Crippen LogP contribution is 2.26. The van der Waals surface area contributed by atoms with Crippen LogP contribution in [0.1, 0.15) is 46.4 Å². The number of fused-ring (bicyclic) bond motifs is 2. The monoisotopic (exact) mass is 507 g/mol. The number of Topliss-reactive ketones (excluding diaryl/α,β-unsaturated/α-hetero) is 1. The molecular formula is C29H25N5O4. The van der Waals surface area contributed by atoms with Gasteiger partial charge in [-0.3, -0.25) is 14.4 Å². The van der Waals surface area contributed by atoms with Crippen LogP contribution in [0.2, 0.25) is 0 Å². The Morgan fingerprint density at radius 1 is 0.947 bits per heavy atom. The van der Waals surface area contributed by atoms with Gasteiger partial charge in [0.1, 0.15) is 17.0 Å². The number of nitrogens with zero attached hydrogens (tertiary/aromatic N) is 5. The average molecular weight is 508 g/mol. The maximum atomic E-state index is 13.5. The first-order chi connectivity index (χ1) is 18.5. The van der Waals surface area contributed by atoms with Crippen LogP contribution in [-0.2, 0) is 13.1 Å². The first-order valence-electron chi connectivity index (χ1n) is 12.6. The van der Waals surface area contributed by atoms with Crippen molar-refractivity contribution in [3.05, 3.63) is 100 Å². The van der Waals surface area contributed by atoms with Crippen LogP contribution < -0.4 is 5.56 Å². The topological polar surface area (TPSA) is 103 Å². The lowest BCUT2D eigenvalue weighted by Crippen LogP contribution is -2.28. The molecular weight excluding hydrogens is 482 g/mol. The van der Waals surface area contributed by atoms with Crippen molar-refractivity contribution in [3.63, 3.8) is 0 Å². The van der Waals surface area contributed by atoms with Gasteiger partial charge in [-0.1, -0.05) is 79.2 Å². The van der Waals surface area contributed by atoms with Crippen molar-refractivity contribution in [1.82, 2.24) is 24.2 Å². The molecule has 3 aromatic heterocycles. The van der Waals surface area contributed by atoms with Gasteiger partial charge in [-0.2, -0.15) is 9.61 Å². The first kappa shape index (κ1) is 23.6. The molecule has 0 radical (unpaired) electrons. The van der Waals surface area contributed by atoms with Gasteiger partial charge in [0.25, 0.3) is 11.5 Å². The number of carbonyl (C=O) groups excluding carboxylic acids is 2. The molecule has 0 N–H and O–H groups in total. The minimum Gasteiger partial charge on any atom is -0.352 e. The molecule has 0 spiro atoms. The summed E-state index contributed by atoms with van der Waals surface area (Å²) >= 11 is 0.